The number of hydrogen-bond acceptors (Lipinski definition) is 6. The maximum atomic E-state index is 11.4. The Morgan fingerprint density at radius 3 is 2.43 bits per heavy atom. The zero-order chi connectivity index (χ0) is 15.5. The van der Waals surface area contributed by atoms with Gasteiger partial charge in [-0.2, -0.15) is 0 Å². The van der Waals surface area contributed by atoms with Gasteiger partial charge in [0.2, 0.25) is 0 Å². The predicted molar refractivity (Wildman–Crippen MR) is 82.6 cm³/mol. The number of nitro benzene ring substituents is 1. The van der Waals surface area contributed by atoms with Crippen molar-refractivity contribution in [1.82, 2.24) is 0 Å². The molecule has 0 radical (unpaired) electrons. The largest absolute Gasteiger partial charge is 0.385 e. The molecule has 116 valence electrons. The zero-order valence-corrected chi connectivity index (χ0v) is 12.6. The molecule has 0 saturated carbocycles. The quantitative estimate of drug-likeness (QED) is 0.637. The molecule has 1 aromatic carbocycles. The van der Waals surface area contributed by atoms with Gasteiger partial charge in [-0.3, -0.25) is 10.1 Å². The van der Waals surface area contributed by atoms with E-state index in [2.05, 4.69) is 10.6 Å². The molecule has 0 atom stereocenters. The maximum absolute atomic E-state index is 11.4. The highest BCUT2D eigenvalue weighted by Crippen LogP contribution is 2.26. The molecule has 0 unspecified atom stereocenters. The fourth-order valence-corrected chi connectivity index (χ4v) is 3.87. The first-order valence-electron chi connectivity index (χ1n) is 6.90. The molecule has 0 spiro atoms. The Balaban J connectivity index is 2.13. The summed E-state index contributed by atoms with van der Waals surface area (Å²) in [6.45, 7) is 2.58. The van der Waals surface area contributed by atoms with E-state index in [1.165, 1.54) is 12.1 Å². The Hall–Kier alpha value is -1.83. The first kappa shape index (κ1) is 15.6. The third-order valence-electron chi connectivity index (χ3n) is 3.43. The number of anilines is 2. The minimum absolute atomic E-state index is 0.0133. The van der Waals surface area contributed by atoms with Crippen LogP contribution in [-0.2, 0) is 9.84 Å². The first-order valence-corrected chi connectivity index (χ1v) is 8.72. The summed E-state index contributed by atoms with van der Waals surface area (Å²) in [6, 6.07) is 4.80. The number of nitrogens with one attached hydrogen (secondary N) is 2. The number of nitro groups is 1. The SMILES string of the molecule is CCNc1cc(NC2CCS(=O)(=O)CC2)cc([N+](=O)[O-])c1. The Bertz CT molecular complexity index is 616. The average molecular weight is 313 g/mol. The van der Waals surface area contributed by atoms with Crippen molar-refractivity contribution in [2.45, 2.75) is 25.8 Å². The summed E-state index contributed by atoms with van der Waals surface area (Å²) < 4.78 is 22.8. The second kappa shape index (κ2) is 6.30. The van der Waals surface area contributed by atoms with Crippen LogP contribution in [0.25, 0.3) is 0 Å². The lowest BCUT2D eigenvalue weighted by Gasteiger charge is -2.24. The van der Waals surface area contributed by atoms with Crippen LogP contribution in [0.2, 0.25) is 0 Å². The molecule has 1 heterocycles. The van der Waals surface area contributed by atoms with E-state index in [4.69, 9.17) is 0 Å². The minimum Gasteiger partial charge on any atom is -0.385 e. The van der Waals surface area contributed by atoms with Gasteiger partial charge >= 0.3 is 0 Å². The van der Waals surface area contributed by atoms with Crippen LogP contribution in [0.1, 0.15) is 19.8 Å². The van der Waals surface area contributed by atoms with Crippen LogP contribution in [0.3, 0.4) is 0 Å². The molecule has 0 bridgehead atoms. The van der Waals surface area contributed by atoms with Crippen molar-refractivity contribution < 1.29 is 13.3 Å². The minimum atomic E-state index is -2.91. The summed E-state index contributed by atoms with van der Waals surface area (Å²) in [5.41, 5.74) is 1.33. The summed E-state index contributed by atoms with van der Waals surface area (Å²) in [5.74, 6) is 0.333. The fourth-order valence-electron chi connectivity index (χ4n) is 2.38. The number of sulfone groups is 1. The lowest BCUT2D eigenvalue weighted by atomic mass is 10.1. The van der Waals surface area contributed by atoms with E-state index >= 15 is 0 Å². The van der Waals surface area contributed by atoms with Gasteiger partial charge in [0, 0.05) is 36.1 Å². The lowest BCUT2D eigenvalue weighted by molar-refractivity contribution is -0.384. The van der Waals surface area contributed by atoms with E-state index < -0.39 is 14.8 Å². The van der Waals surface area contributed by atoms with Gasteiger partial charge in [0.15, 0.2) is 0 Å². The normalized spacial score (nSPS) is 18.1. The lowest BCUT2D eigenvalue weighted by Crippen LogP contribution is -2.32. The third kappa shape index (κ3) is 4.32. The van der Waals surface area contributed by atoms with E-state index in [-0.39, 0.29) is 23.2 Å². The molecule has 0 aromatic heterocycles. The predicted octanol–water partition coefficient (Wildman–Crippen LogP) is 2.02. The van der Waals surface area contributed by atoms with Crippen LogP contribution in [0.4, 0.5) is 17.1 Å². The molecule has 1 aromatic rings. The third-order valence-corrected chi connectivity index (χ3v) is 5.15. The molecule has 1 aliphatic heterocycles. The van der Waals surface area contributed by atoms with Crippen molar-refractivity contribution in [3.05, 3.63) is 28.3 Å². The standard InChI is InChI=1S/C13H19N3O4S/c1-2-14-11-7-12(9-13(8-11)16(17)18)15-10-3-5-21(19,20)6-4-10/h7-10,14-15H,2-6H2,1H3. The molecular weight excluding hydrogens is 294 g/mol. The Morgan fingerprint density at radius 1 is 1.24 bits per heavy atom. The number of benzene rings is 1. The van der Waals surface area contributed by atoms with Gasteiger partial charge < -0.3 is 10.6 Å². The second-order valence-electron chi connectivity index (χ2n) is 5.13. The van der Waals surface area contributed by atoms with Crippen LogP contribution < -0.4 is 10.6 Å². The Labute approximate surface area is 123 Å². The highest BCUT2D eigenvalue weighted by Gasteiger charge is 2.23. The van der Waals surface area contributed by atoms with Crippen molar-refractivity contribution in [1.29, 1.82) is 0 Å². The summed E-state index contributed by atoms with van der Waals surface area (Å²) in [6.07, 6.45) is 1.06. The number of rotatable bonds is 5. The van der Waals surface area contributed by atoms with Crippen molar-refractivity contribution in [2.75, 3.05) is 28.7 Å². The van der Waals surface area contributed by atoms with E-state index in [0.717, 1.165) is 0 Å². The van der Waals surface area contributed by atoms with E-state index in [9.17, 15) is 18.5 Å². The molecule has 1 saturated heterocycles. The van der Waals surface area contributed by atoms with Gasteiger partial charge in [-0.25, -0.2) is 8.42 Å². The average Bonchev–Trinajstić information content (AvgIpc) is 2.41. The van der Waals surface area contributed by atoms with Crippen molar-refractivity contribution in [3.8, 4) is 0 Å². The smallest absolute Gasteiger partial charge is 0.273 e. The van der Waals surface area contributed by atoms with Gasteiger partial charge in [0.05, 0.1) is 16.4 Å². The fraction of sp³-hybridized carbons (Fsp3) is 0.538. The molecule has 2 N–H and O–H groups in total. The molecule has 7 nitrogen and oxygen atoms in total. The van der Waals surface area contributed by atoms with Gasteiger partial charge in [-0.1, -0.05) is 0 Å². The van der Waals surface area contributed by atoms with Gasteiger partial charge in [0.1, 0.15) is 9.84 Å². The van der Waals surface area contributed by atoms with Gasteiger partial charge in [0.25, 0.3) is 5.69 Å². The zero-order valence-electron chi connectivity index (χ0n) is 11.8. The van der Waals surface area contributed by atoms with Gasteiger partial charge in [-0.05, 0) is 25.8 Å². The molecule has 0 aliphatic carbocycles. The summed E-state index contributed by atoms with van der Waals surface area (Å²) >= 11 is 0. The van der Waals surface area contributed by atoms with Crippen molar-refractivity contribution in [3.63, 3.8) is 0 Å². The molecule has 1 fully saturated rings. The number of hydrogen-bond donors (Lipinski definition) is 2. The van der Waals surface area contributed by atoms with Crippen LogP contribution in [0.5, 0.6) is 0 Å². The maximum Gasteiger partial charge on any atom is 0.273 e. The Kier molecular flexibility index (Phi) is 4.66. The van der Waals surface area contributed by atoms with Crippen molar-refractivity contribution >= 4 is 26.9 Å². The second-order valence-corrected chi connectivity index (χ2v) is 7.43. The number of non-ortho nitro benzene ring substituents is 1. The van der Waals surface area contributed by atoms with Crippen molar-refractivity contribution in [2.24, 2.45) is 0 Å². The molecule has 2 rings (SSSR count). The molecule has 21 heavy (non-hydrogen) atoms. The Morgan fingerprint density at radius 2 is 1.86 bits per heavy atom. The van der Waals surface area contributed by atoms with E-state index in [1.807, 2.05) is 6.92 Å². The topological polar surface area (TPSA) is 101 Å². The first-order chi connectivity index (χ1) is 9.89. The summed E-state index contributed by atoms with van der Waals surface area (Å²) in [4.78, 5) is 10.5. The summed E-state index contributed by atoms with van der Waals surface area (Å²) in [5, 5.41) is 17.2. The highest BCUT2D eigenvalue weighted by molar-refractivity contribution is 7.91. The summed E-state index contributed by atoms with van der Waals surface area (Å²) in [7, 11) is -2.91. The van der Waals surface area contributed by atoms with Crippen LogP contribution in [-0.4, -0.2) is 37.4 Å². The van der Waals surface area contributed by atoms with Gasteiger partial charge in [-0.15, -0.1) is 0 Å². The molecule has 0 amide bonds. The van der Waals surface area contributed by atoms with Crippen LogP contribution in [0, 0.1) is 10.1 Å². The molecule has 8 heteroatoms. The monoisotopic (exact) mass is 313 g/mol. The van der Waals surface area contributed by atoms with E-state index in [0.29, 0.717) is 30.8 Å². The van der Waals surface area contributed by atoms with Crippen LogP contribution >= 0.6 is 0 Å². The van der Waals surface area contributed by atoms with E-state index in [1.54, 1.807) is 6.07 Å². The highest BCUT2D eigenvalue weighted by atomic mass is 32.2. The van der Waals surface area contributed by atoms with Crippen LogP contribution in [0.15, 0.2) is 18.2 Å². The number of nitrogens with zero attached hydrogens (tertiary/aromatic N) is 1. The molecular formula is C13H19N3O4S. The molecule has 1 aliphatic rings.